The van der Waals surface area contributed by atoms with Crippen molar-refractivity contribution in [3.05, 3.63) is 0 Å². The summed E-state index contributed by atoms with van der Waals surface area (Å²) in [6.07, 6.45) is 9.47. The van der Waals surface area contributed by atoms with Crippen LogP contribution in [0.25, 0.3) is 0 Å². The summed E-state index contributed by atoms with van der Waals surface area (Å²) in [7, 11) is 0. The summed E-state index contributed by atoms with van der Waals surface area (Å²) >= 11 is 0. The van der Waals surface area contributed by atoms with Crippen molar-refractivity contribution in [2.75, 3.05) is 0 Å². The monoisotopic (exact) mass is 290 g/mol. The Labute approximate surface area is 115 Å². The van der Waals surface area contributed by atoms with Gasteiger partial charge >= 0.3 is 0 Å². The summed E-state index contributed by atoms with van der Waals surface area (Å²) in [6, 6.07) is 0. The molecular weight excluding hydrogens is 263 g/mol. The van der Waals surface area contributed by atoms with Gasteiger partial charge in [0.05, 0.1) is 6.10 Å². The molecule has 2 atom stereocenters. The van der Waals surface area contributed by atoms with Crippen LogP contribution in [0.2, 0.25) is 0 Å². The summed E-state index contributed by atoms with van der Waals surface area (Å²) < 4.78 is 0. The smallest absolute Gasteiger partial charge is 0.0542 e. The first-order chi connectivity index (χ1) is 6.74. The zero-order valence-electron chi connectivity index (χ0n) is 10.8. The Morgan fingerprint density at radius 1 is 0.933 bits per heavy atom. The van der Waals surface area contributed by atoms with Crippen molar-refractivity contribution in [3.63, 3.8) is 0 Å². The molecular formula is C13H28OZr. The molecule has 0 amide bonds. The molecule has 1 N–H and O–H groups in total. The fourth-order valence-electron chi connectivity index (χ4n) is 1.92. The van der Waals surface area contributed by atoms with Crippen LogP contribution in [0.15, 0.2) is 0 Å². The minimum atomic E-state index is -0.0447. The Balaban J connectivity index is 0. The van der Waals surface area contributed by atoms with Crippen molar-refractivity contribution in [2.24, 2.45) is 5.92 Å². The van der Waals surface area contributed by atoms with Crippen LogP contribution in [-0.2, 0) is 26.2 Å². The van der Waals surface area contributed by atoms with Crippen LogP contribution < -0.4 is 0 Å². The second-order valence-corrected chi connectivity index (χ2v) is 4.45. The van der Waals surface area contributed by atoms with Gasteiger partial charge in [0.25, 0.3) is 0 Å². The van der Waals surface area contributed by atoms with Crippen molar-refractivity contribution < 1.29 is 31.3 Å². The third-order valence-electron chi connectivity index (χ3n) is 3.04. The van der Waals surface area contributed by atoms with Crippen LogP contribution in [-0.4, -0.2) is 11.2 Å². The van der Waals surface area contributed by atoms with Crippen molar-refractivity contribution in [1.29, 1.82) is 0 Å². The number of aliphatic hydroxyl groups excluding tert-OH is 1. The molecule has 0 saturated heterocycles. The zero-order chi connectivity index (χ0) is 10.8. The van der Waals surface area contributed by atoms with E-state index in [1.807, 2.05) is 0 Å². The predicted octanol–water partition coefficient (Wildman–Crippen LogP) is 4.14. The van der Waals surface area contributed by atoms with Gasteiger partial charge in [0.2, 0.25) is 0 Å². The second kappa shape index (κ2) is 12.9. The fraction of sp³-hybridized carbons (Fsp3) is 1.00. The molecule has 0 fully saturated rings. The van der Waals surface area contributed by atoms with Gasteiger partial charge in [-0.25, -0.2) is 0 Å². The van der Waals surface area contributed by atoms with E-state index in [9.17, 15) is 5.11 Å². The minimum absolute atomic E-state index is 0. The Hall–Kier alpha value is 0.843. The Morgan fingerprint density at radius 3 is 1.93 bits per heavy atom. The maximum atomic E-state index is 9.78. The van der Waals surface area contributed by atoms with Gasteiger partial charge in [-0.2, -0.15) is 0 Å². The first-order valence-electron chi connectivity index (χ1n) is 6.42. The summed E-state index contributed by atoms with van der Waals surface area (Å²) in [5, 5.41) is 9.78. The van der Waals surface area contributed by atoms with Crippen molar-refractivity contribution in [3.8, 4) is 0 Å². The molecule has 1 nitrogen and oxygen atoms in total. The van der Waals surface area contributed by atoms with Gasteiger partial charge in [-0.3, -0.25) is 0 Å². The molecule has 0 rings (SSSR count). The molecule has 0 radical (unpaired) electrons. The Kier molecular flexibility index (Phi) is 15.7. The van der Waals surface area contributed by atoms with Crippen molar-refractivity contribution in [1.82, 2.24) is 0 Å². The third-order valence-corrected chi connectivity index (χ3v) is 3.04. The standard InChI is InChI=1S/C13H28O.Zr/c1-4-7-9-12(6-3)11-13(14)10-8-5-2;/h12-14H,4-11H2,1-3H3;. The molecule has 15 heavy (non-hydrogen) atoms. The fourth-order valence-corrected chi connectivity index (χ4v) is 1.92. The Bertz CT molecular complexity index is 117. The SMILES string of the molecule is CCCCC(O)CC(CC)CCCC.[Zr]. The van der Waals surface area contributed by atoms with E-state index in [4.69, 9.17) is 0 Å². The third kappa shape index (κ3) is 11.1. The van der Waals surface area contributed by atoms with E-state index in [1.165, 1.54) is 38.5 Å². The van der Waals surface area contributed by atoms with Gasteiger partial charge in [0, 0.05) is 26.2 Å². The van der Waals surface area contributed by atoms with Crippen molar-refractivity contribution in [2.45, 2.75) is 78.2 Å². The van der Waals surface area contributed by atoms with Crippen molar-refractivity contribution >= 4 is 0 Å². The maximum Gasteiger partial charge on any atom is 0.0542 e. The molecule has 0 aliphatic heterocycles. The van der Waals surface area contributed by atoms with Crippen LogP contribution in [0.4, 0.5) is 0 Å². The minimum Gasteiger partial charge on any atom is -0.393 e. The number of hydrogen-bond acceptors (Lipinski definition) is 1. The van der Waals surface area contributed by atoms with Crippen LogP contribution in [0.5, 0.6) is 0 Å². The van der Waals surface area contributed by atoms with E-state index in [2.05, 4.69) is 20.8 Å². The van der Waals surface area contributed by atoms with Gasteiger partial charge in [-0.1, -0.05) is 59.3 Å². The van der Waals surface area contributed by atoms with E-state index >= 15 is 0 Å². The number of aliphatic hydroxyl groups is 1. The largest absolute Gasteiger partial charge is 0.393 e. The molecule has 0 bridgehead atoms. The van der Waals surface area contributed by atoms with Gasteiger partial charge in [-0.05, 0) is 18.8 Å². The normalized spacial score (nSPS) is 14.4. The molecule has 2 heteroatoms. The van der Waals surface area contributed by atoms with Gasteiger partial charge in [-0.15, -0.1) is 0 Å². The molecule has 0 aromatic carbocycles. The van der Waals surface area contributed by atoms with Crippen LogP contribution >= 0.6 is 0 Å². The molecule has 0 heterocycles. The molecule has 90 valence electrons. The van der Waals surface area contributed by atoms with Crippen LogP contribution in [0, 0.1) is 5.92 Å². The van der Waals surface area contributed by atoms with E-state index in [0.29, 0.717) is 0 Å². The second-order valence-electron chi connectivity index (χ2n) is 4.45. The molecule has 2 unspecified atom stereocenters. The first-order valence-corrected chi connectivity index (χ1v) is 6.42. The predicted molar refractivity (Wildman–Crippen MR) is 63.5 cm³/mol. The van der Waals surface area contributed by atoms with E-state index in [0.717, 1.165) is 18.8 Å². The number of rotatable bonds is 9. The van der Waals surface area contributed by atoms with Crippen LogP contribution in [0.1, 0.15) is 72.1 Å². The zero-order valence-corrected chi connectivity index (χ0v) is 13.2. The van der Waals surface area contributed by atoms with E-state index in [-0.39, 0.29) is 32.3 Å². The van der Waals surface area contributed by atoms with E-state index < -0.39 is 0 Å². The summed E-state index contributed by atoms with van der Waals surface area (Å²) in [6.45, 7) is 6.66. The Morgan fingerprint density at radius 2 is 1.47 bits per heavy atom. The first kappa shape index (κ1) is 18.2. The van der Waals surface area contributed by atoms with Gasteiger partial charge in [0.15, 0.2) is 0 Å². The molecule has 0 saturated carbocycles. The molecule has 0 aromatic heterocycles. The summed E-state index contributed by atoms with van der Waals surface area (Å²) in [5.41, 5.74) is 0. The van der Waals surface area contributed by atoms with Gasteiger partial charge in [0.1, 0.15) is 0 Å². The number of hydrogen-bond donors (Lipinski definition) is 1. The summed E-state index contributed by atoms with van der Waals surface area (Å²) in [4.78, 5) is 0. The molecule has 0 aromatic rings. The average molecular weight is 292 g/mol. The maximum absolute atomic E-state index is 9.78. The molecule has 0 aliphatic rings. The van der Waals surface area contributed by atoms with Crippen LogP contribution in [0.3, 0.4) is 0 Å². The molecule has 0 spiro atoms. The quantitative estimate of drug-likeness (QED) is 0.677. The van der Waals surface area contributed by atoms with E-state index in [1.54, 1.807) is 0 Å². The average Bonchev–Trinajstić information content (AvgIpc) is 2.21. The topological polar surface area (TPSA) is 20.2 Å². The summed E-state index contributed by atoms with van der Waals surface area (Å²) in [5.74, 6) is 0.752. The number of unbranched alkanes of at least 4 members (excludes halogenated alkanes) is 2. The van der Waals surface area contributed by atoms with Gasteiger partial charge < -0.3 is 5.11 Å². The molecule has 0 aliphatic carbocycles.